The minimum absolute atomic E-state index is 0.299. The monoisotopic (exact) mass is 195 g/mol. The number of nitrogens with two attached hydrogens (primary N) is 1. The largest absolute Gasteiger partial charge is 0.330 e. The molecule has 0 amide bonds. The van der Waals surface area contributed by atoms with Gasteiger partial charge < -0.3 is 5.73 Å². The normalized spacial score (nSPS) is 20.7. The maximum Gasteiger partial charge on any atom is 0.152 e. The van der Waals surface area contributed by atoms with Crippen molar-refractivity contribution in [2.75, 3.05) is 6.54 Å². The number of hydrogen-bond acceptors (Lipinski definition) is 4. The number of tetrazole rings is 1. The van der Waals surface area contributed by atoms with Crippen molar-refractivity contribution in [2.24, 2.45) is 11.1 Å². The van der Waals surface area contributed by atoms with E-state index in [4.69, 9.17) is 5.73 Å². The van der Waals surface area contributed by atoms with Crippen LogP contribution in [0, 0.1) is 5.41 Å². The predicted molar refractivity (Wildman–Crippen MR) is 52.5 cm³/mol. The summed E-state index contributed by atoms with van der Waals surface area (Å²) in [5.74, 6) is 1.14. The van der Waals surface area contributed by atoms with Gasteiger partial charge in [-0.1, -0.05) is 13.3 Å². The van der Waals surface area contributed by atoms with E-state index in [0.29, 0.717) is 17.9 Å². The van der Waals surface area contributed by atoms with Crippen molar-refractivity contribution < 1.29 is 0 Å². The summed E-state index contributed by atoms with van der Waals surface area (Å²) >= 11 is 0. The maximum absolute atomic E-state index is 5.74. The van der Waals surface area contributed by atoms with E-state index in [1.807, 2.05) is 0 Å². The van der Waals surface area contributed by atoms with Gasteiger partial charge in [0.1, 0.15) is 0 Å². The second-order valence-electron chi connectivity index (χ2n) is 4.28. The van der Waals surface area contributed by atoms with Crippen LogP contribution in [0.15, 0.2) is 0 Å². The number of nitrogens with zero attached hydrogens (tertiary/aromatic N) is 3. The van der Waals surface area contributed by atoms with Gasteiger partial charge in [0.05, 0.1) is 0 Å². The molecule has 1 atom stereocenters. The van der Waals surface area contributed by atoms with E-state index in [1.165, 1.54) is 19.3 Å². The van der Waals surface area contributed by atoms with Gasteiger partial charge in [0.15, 0.2) is 5.82 Å². The second kappa shape index (κ2) is 3.65. The number of rotatable bonds is 5. The lowest BCUT2D eigenvalue weighted by Crippen LogP contribution is -2.18. The van der Waals surface area contributed by atoms with Crippen molar-refractivity contribution in [1.82, 2.24) is 20.6 Å². The highest BCUT2D eigenvalue weighted by Crippen LogP contribution is 2.54. The molecule has 1 aliphatic rings. The number of hydrogen-bond donors (Lipinski definition) is 2. The minimum Gasteiger partial charge on any atom is -0.330 e. The molecule has 0 bridgehead atoms. The summed E-state index contributed by atoms with van der Waals surface area (Å²) in [5, 5.41) is 13.9. The molecular weight excluding hydrogens is 178 g/mol. The van der Waals surface area contributed by atoms with Gasteiger partial charge in [-0.2, -0.15) is 0 Å². The Morgan fingerprint density at radius 3 is 2.79 bits per heavy atom. The smallest absolute Gasteiger partial charge is 0.152 e. The van der Waals surface area contributed by atoms with E-state index >= 15 is 0 Å². The predicted octanol–water partition coefficient (Wildman–Crippen LogP) is 0.822. The van der Waals surface area contributed by atoms with Crippen LogP contribution in [0.2, 0.25) is 0 Å². The minimum atomic E-state index is 0.299. The Labute approximate surface area is 83.5 Å². The summed E-state index contributed by atoms with van der Waals surface area (Å²) in [6.07, 6.45) is 5.03. The maximum atomic E-state index is 5.74. The lowest BCUT2D eigenvalue weighted by atomic mass is 9.89. The third-order valence-corrected chi connectivity index (χ3v) is 3.42. The zero-order valence-corrected chi connectivity index (χ0v) is 8.53. The van der Waals surface area contributed by atoms with Crippen LogP contribution in [0.4, 0.5) is 0 Å². The van der Waals surface area contributed by atoms with E-state index in [-0.39, 0.29) is 0 Å². The van der Waals surface area contributed by atoms with Crippen molar-refractivity contribution in [3.63, 3.8) is 0 Å². The standard InChI is InChI=1S/C9H17N5/c1-2-9(3-4-9)5-7(6-10)8-11-13-14-12-8/h7H,2-6,10H2,1H3,(H,11,12,13,14). The zero-order chi connectivity index (χ0) is 10.0. The third-order valence-electron chi connectivity index (χ3n) is 3.42. The molecule has 0 spiro atoms. The molecule has 0 radical (unpaired) electrons. The highest BCUT2D eigenvalue weighted by atomic mass is 15.5. The summed E-state index contributed by atoms with van der Waals surface area (Å²) in [6, 6.07) is 0. The number of aromatic amines is 1. The summed E-state index contributed by atoms with van der Waals surface area (Å²) < 4.78 is 0. The van der Waals surface area contributed by atoms with E-state index in [9.17, 15) is 0 Å². The van der Waals surface area contributed by atoms with E-state index < -0.39 is 0 Å². The Bertz CT molecular complexity index is 277. The average Bonchev–Trinajstić information content (AvgIpc) is 2.78. The third kappa shape index (κ3) is 1.77. The average molecular weight is 195 g/mol. The highest BCUT2D eigenvalue weighted by Gasteiger charge is 2.42. The summed E-state index contributed by atoms with van der Waals surface area (Å²) in [7, 11) is 0. The fourth-order valence-corrected chi connectivity index (χ4v) is 2.03. The van der Waals surface area contributed by atoms with Crippen LogP contribution < -0.4 is 5.73 Å². The quantitative estimate of drug-likeness (QED) is 0.729. The molecule has 3 N–H and O–H groups in total. The fourth-order valence-electron chi connectivity index (χ4n) is 2.03. The van der Waals surface area contributed by atoms with Crippen LogP contribution >= 0.6 is 0 Å². The molecular formula is C9H17N5. The molecule has 0 aliphatic heterocycles. The molecule has 0 aromatic carbocycles. The van der Waals surface area contributed by atoms with Crippen molar-refractivity contribution >= 4 is 0 Å². The van der Waals surface area contributed by atoms with E-state index in [0.717, 1.165) is 12.2 Å². The van der Waals surface area contributed by atoms with Crippen molar-refractivity contribution in [3.8, 4) is 0 Å². The van der Waals surface area contributed by atoms with Gasteiger partial charge in [-0.25, -0.2) is 5.10 Å². The second-order valence-corrected chi connectivity index (χ2v) is 4.28. The molecule has 78 valence electrons. The number of nitrogens with one attached hydrogen (secondary N) is 1. The lowest BCUT2D eigenvalue weighted by molar-refractivity contribution is 0.395. The molecule has 1 heterocycles. The van der Waals surface area contributed by atoms with E-state index in [1.54, 1.807) is 0 Å². The van der Waals surface area contributed by atoms with Crippen LogP contribution in [-0.4, -0.2) is 27.2 Å². The van der Waals surface area contributed by atoms with Crippen molar-refractivity contribution in [3.05, 3.63) is 5.82 Å². The molecule has 0 saturated heterocycles. The van der Waals surface area contributed by atoms with Crippen molar-refractivity contribution in [1.29, 1.82) is 0 Å². The SMILES string of the molecule is CCC1(CC(CN)c2nnn[nH]2)CC1. The van der Waals surface area contributed by atoms with Gasteiger partial charge in [-0.05, 0) is 35.1 Å². The number of H-pyrrole nitrogens is 1. The zero-order valence-electron chi connectivity index (χ0n) is 8.53. The molecule has 5 heteroatoms. The van der Waals surface area contributed by atoms with Crippen LogP contribution in [0.1, 0.15) is 44.3 Å². The molecule has 1 aromatic heterocycles. The summed E-state index contributed by atoms with van der Waals surface area (Å²) in [4.78, 5) is 0. The summed E-state index contributed by atoms with van der Waals surface area (Å²) in [5.41, 5.74) is 6.28. The Hall–Kier alpha value is -0.970. The lowest BCUT2D eigenvalue weighted by Gasteiger charge is -2.18. The molecule has 2 rings (SSSR count). The van der Waals surface area contributed by atoms with Crippen LogP contribution in [-0.2, 0) is 0 Å². The topological polar surface area (TPSA) is 80.5 Å². The van der Waals surface area contributed by atoms with Crippen LogP contribution in [0.5, 0.6) is 0 Å². The molecule has 5 nitrogen and oxygen atoms in total. The highest BCUT2D eigenvalue weighted by molar-refractivity contribution is 5.01. The molecule has 14 heavy (non-hydrogen) atoms. The Balaban J connectivity index is 2.01. The van der Waals surface area contributed by atoms with Crippen molar-refractivity contribution in [2.45, 2.75) is 38.5 Å². The summed E-state index contributed by atoms with van der Waals surface area (Å²) in [6.45, 7) is 2.87. The molecule has 1 aromatic rings. The van der Waals surface area contributed by atoms with Crippen LogP contribution in [0.3, 0.4) is 0 Å². The first-order valence-corrected chi connectivity index (χ1v) is 5.23. The van der Waals surface area contributed by atoms with Gasteiger partial charge in [0.25, 0.3) is 0 Å². The van der Waals surface area contributed by atoms with Crippen LogP contribution in [0.25, 0.3) is 0 Å². The molecule has 1 fully saturated rings. The van der Waals surface area contributed by atoms with Gasteiger partial charge in [-0.3, -0.25) is 0 Å². The van der Waals surface area contributed by atoms with Gasteiger partial charge in [0.2, 0.25) is 0 Å². The van der Waals surface area contributed by atoms with Gasteiger partial charge in [-0.15, -0.1) is 5.10 Å². The Kier molecular flexibility index (Phi) is 2.50. The van der Waals surface area contributed by atoms with E-state index in [2.05, 4.69) is 27.5 Å². The first kappa shape index (κ1) is 9.58. The molecule has 1 aliphatic carbocycles. The first-order chi connectivity index (χ1) is 6.79. The Morgan fingerprint density at radius 2 is 2.36 bits per heavy atom. The van der Waals surface area contributed by atoms with Gasteiger partial charge >= 0.3 is 0 Å². The molecule has 1 saturated carbocycles. The first-order valence-electron chi connectivity index (χ1n) is 5.23. The molecule has 1 unspecified atom stereocenters. The Morgan fingerprint density at radius 1 is 1.57 bits per heavy atom. The fraction of sp³-hybridized carbons (Fsp3) is 0.889. The van der Waals surface area contributed by atoms with Gasteiger partial charge in [0, 0.05) is 12.5 Å². The number of aromatic nitrogens is 4.